The summed E-state index contributed by atoms with van der Waals surface area (Å²) >= 11 is 0. The van der Waals surface area contributed by atoms with Crippen molar-refractivity contribution in [3.8, 4) is 5.69 Å². The van der Waals surface area contributed by atoms with Gasteiger partial charge in [0.15, 0.2) is 5.60 Å². The minimum Gasteiger partial charge on any atom is -0.374 e. The summed E-state index contributed by atoms with van der Waals surface area (Å²) in [6, 6.07) is 21.5. The predicted octanol–water partition coefficient (Wildman–Crippen LogP) is 5.90. The van der Waals surface area contributed by atoms with Crippen LogP contribution in [0, 0.1) is 5.82 Å². The molecule has 0 fully saturated rings. The smallest absolute Gasteiger partial charge is 0.304 e. The Morgan fingerprint density at radius 2 is 1.67 bits per heavy atom. The van der Waals surface area contributed by atoms with Crippen LogP contribution in [0.2, 0.25) is 0 Å². The van der Waals surface area contributed by atoms with E-state index in [4.69, 9.17) is 0 Å². The fourth-order valence-electron chi connectivity index (χ4n) is 4.83. The molecule has 1 aliphatic heterocycles. The SMILES string of the molecule is CP1c2ccc3ccccc3c2C(O)(c2ccc3c(cnn3-c3ccc(F)cc3)c2)C1(F)F. The molecule has 0 amide bonds. The van der Waals surface area contributed by atoms with E-state index in [0.717, 1.165) is 5.39 Å². The summed E-state index contributed by atoms with van der Waals surface area (Å²) in [7, 11) is -1.93. The Hall–Kier alpha value is -3.21. The van der Waals surface area contributed by atoms with Gasteiger partial charge in [-0.3, -0.25) is 0 Å². The van der Waals surface area contributed by atoms with Gasteiger partial charge in [0.1, 0.15) is 5.82 Å². The molecule has 2 atom stereocenters. The molecule has 0 radical (unpaired) electrons. The number of halogens is 3. The van der Waals surface area contributed by atoms with Gasteiger partial charge in [0, 0.05) is 18.9 Å². The van der Waals surface area contributed by atoms with Gasteiger partial charge >= 0.3 is 5.66 Å². The molecule has 0 bridgehead atoms. The minimum atomic E-state index is -3.35. The maximum Gasteiger partial charge on any atom is 0.304 e. The first-order valence-electron chi connectivity index (χ1n) is 10.4. The van der Waals surface area contributed by atoms with Crippen molar-refractivity contribution in [2.75, 3.05) is 6.66 Å². The van der Waals surface area contributed by atoms with Gasteiger partial charge in [0.05, 0.1) is 17.4 Å². The number of fused-ring (bicyclic) bond motifs is 4. The number of aliphatic hydroxyl groups is 1. The zero-order valence-corrected chi connectivity index (χ0v) is 18.4. The molecule has 3 nitrogen and oxygen atoms in total. The zero-order chi connectivity index (χ0) is 23.0. The third-order valence-corrected chi connectivity index (χ3v) is 8.81. The van der Waals surface area contributed by atoms with Gasteiger partial charge in [-0.2, -0.15) is 13.9 Å². The van der Waals surface area contributed by atoms with Gasteiger partial charge < -0.3 is 5.11 Å². The molecule has 1 N–H and O–H groups in total. The number of aromatic nitrogens is 2. The fourth-order valence-corrected chi connectivity index (χ4v) is 6.77. The summed E-state index contributed by atoms with van der Waals surface area (Å²) in [5, 5.41) is 18.7. The first kappa shape index (κ1) is 20.4. The molecule has 5 aromatic rings. The summed E-state index contributed by atoms with van der Waals surface area (Å²) in [4.78, 5) is 0. The molecule has 1 aliphatic rings. The standard InChI is InChI=1S/C26H18F3N2OP/c1-33-23-13-6-16-4-2-3-5-21(16)24(23)25(32,26(33,28)29)18-7-12-22-17(14-18)15-30-31(22)20-10-8-19(27)9-11-20/h2-15,32H,1H3. The molecule has 0 saturated heterocycles. The van der Waals surface area contributed by atoms with E-state index in [1.165, 1.54) is 24.9 Å². The molecule has 2 heterocycles. The Balaban J connectivity index is 1.58. The molecule has 164 valence electrons. The number of rotatable bonds is 2. The second-order valence-corrected chi connectivity index (χ2v) is 10.5. The van der Waals surface area contributed by atoms with Crippen LogP contribution in [0.4, 0.5) is 13.2 Å². The molecule has 33 heavy (non-hydrogen) atoms. The Morgan fingerprint density at radius 1 is 0.909 bits per heavy atom. The van der Waals surface area contributed by atoms with Crippen LogP contribution in [0.5, 0.6) is 0 Å². The maximum atomic E-state index is 15.8. The highest BCUT2D eigenvalue weighted by Gasteiger charge is 2.65. The molecular weight excluding hydrogens is 444 g/mol. The van der Waals surface area contributed by atoms with Crippen molar-refractivity contribution >= 4 is 34.9 Å². The van der Waals surface area contributed by atoms with Crippen LogP contribution in [-0.4, -0.2) is 27.2 Å². The van der Waals surface area contributed by atoms with Crippen molar-refractivity contribution in [1.82, 2.24) is 9.78 Å². The van der Waals surface area contributed by atoms with Crippen LogP contribution < -0.4 is 5.30 Å². The highest BCUT2D eigenvalue weighted by Crippen LogP contribution is 2.66. The fraction of sp³-hybridized carbons (Fsp3) is 0.115. The van der Waals surface area contributed by atoms with Gasteiger partial charge in [-0.1, -0.05) is 42.5 Å². The maximum absolute atomic E-state index is 15.8. The monoisotopic (exact) mass is 462 g/mol. The van der Waals surface area contributed by atoms with E-state index in [1.807, 2.05) is 18.2 Å². The van der Waals surface area contributed by atoms with E-state index in [0.29, 0.717) is 27.3 Å². The van der Waals surface area contributed by atoms with Crippen molar-refractivity contribution in [2.24, 2.45) is 0 Å². The van der Waals surface area contributed by atoms with Crippen LogP contribution >= 0.6 is 7.92 Å². The summed E-state index contributed by atoms with van der Waals surface area (Å²) < 4.78 is 46.6. The molecule has 2 unspecified atom stereocenters. The summed E-state index contributed by atoms with van der Waals surface area (Å²) in [6.45, 7) is 1.52. The van der Waals surface area contributed by atoms with E-state index in [9.17, 15) is 9.50 Å². The Kier molecular flexibility index (Phi) is 4.26. The highest BCUT2D eigenvalue weighted by atomic mass is 31.1. The van der Waals surface area contributed by atoms with Gasteiger partial charge in [-0.15, -0.1) is 0 Å². The lowest BCUT2D eigenvalue weighted by Crippen LogP contribution is -2.41. The third kappa shape index (κ3) is 2.68. The topological polar surface area (TPSA) is 38.1 Å². The van der Waals surface area contributed by atoms with Crippen LogP contribution in [0.15, 0.2) is 85.1 Å². The lowest BCUT2D eigenvalue weighted by Gasteiger charge is -2.33. The van der Waals surface area contributed by atoms with Crippen molar-refractivity contribution in [3.05, 3.63) is 102 Å². The predicted molar refractivity (Wildman–Crippen MR) is 125 cm³/mol. The summed E-state index contributed by atoms with van der Waals surface area (Å²) in [6.07, 6.45) is 1.57. The molecule has 6 rings (SSSR count). The van der Waals surface area contributed by atoms with Crippen LogP contribution in [0.3, 0.4) is 0 Å². The Morgan fingerprint density at radius 3 is 2.45 bits per heavy atom. The van der Waals surface area contributed by atoms with E-state index in [1.54, 1.807) is 53.3 Å². The summed E-state index contributed by atoms with van der Waals surface area (Å²) in [5.41, 5.74) is -4.08. The quantitative estimate of drug-likeness (QED) is 0.332. The average Bonchev–Trinajstić information content (AvgIpc) is 3.31. The van der Waals surface area contributed by atoms with Crippen molar-refractivity contribution in [3.63, 3.8) is 0 Å². The van der Waals surface area contributed by atoms with Gasteiger partial charge in [0.25, 0.3) is 0 Å². The number of hydrogen-bond donors (Lipinski definition) is 1. The molecule has 7 heteroatoms. The van der Waals surface area contributed by atoms with Gasteiger partial charge in [-0.05, 0) is 64.7 Å². The van der Waals surface area contributed by atoms with Crippen LogP contribution in [0.25, 0.3) is 27.4 Å². The summed E-state index contributed by atoms with van der Waals surface area (Å²) in [5.74, 6) is -0.356. The first-order valence-corrected chi connectivity index (χ1v) is 12.2. The van der Waals surface area contributed by atoms with Gasteiger partial charge in [0.2, 0.25) is 0 Å². The van der Waals surface area contributed by atoms with Crippen LogP contribution in [-0.2, 0) is 5.60 Å². The molecule has 1 aromatic heterocycles. The van der Waals surface area contributed by atoms with E-state index < -0.39 is 19.2 Å². The second kappa shape index (κ2) is 6.89. The zero-order valence-electron chi connectivity index (χ0n) is 17.5. The molecule has 0 saturated carbocycles. The first-order chi connectivity index (χ1) is 15.8. The number of alkyl halides is 2. The average molecular weight is 462 g/mol. The third-order valence-electron chi connectivity index (χ3n) is 6.54. The normalized spacial score (nSPS) is 21.5. The van der Waals surface area contributed by atoms with Crippen LogP contribution in [0.1, 0.15) is 11.1 Å². The minimum absolute atomic E-state index is 0.128. The largest absolute Gasteiger partial charge is 0.374 e. The van der Waals surface area contributed by atoms with Crippen molar-refractivity contribution < 1.29 is 18.3 Å². The van der Waals surface area contributed by atoms with E-state index in [-0.39, 0.29) is 16.9 Å². The molecule has 0 aliphatic carbocycles. The molecule has 0 spiro atoms. The van der Waals surface area contributed by atoms with E-state index >= 15 is 8.78 Å². The number of benzene rings is 4. The Labute approximate surface area is 188 Å². The lowest BCUT2D eigenvalue weighted by atomic mass is 9.83. The highest BCUT2D eigenvalue weighted by molar-refractivity contribution is 7.66. The molecular formula is C26H18F3N2OP. The van der Waals surface area contributed by atoms with E-state index in [2.05, 4.69) is 5.10 Å². The van der Waals surface area contributed by atoms with Crippen molar-refractivity contribution in [1.29, 1.82) is 0 Å². The number of nitrogens with zero attached hydrogens (tertiary/aromatic N) is 2. The van der Waals surface area contributed by atoms with Gasteiger partial charge in [-0.25, -0.2) is 9.07 Å². The number of hydrogen-bond acceptors (Lipinski definition) is 2. The second-order valence-electron chi connectivity index (χ2n) is 8.30. The van der Waals surface area contributed by atoms with Crippen molar-refractivity contribution in [2.45, 2.75) is 11.3 Å². The molecule has 4 aromatic carbocycles. The lowest BCUT2D eigenvalue weighted by molar-refractivity contribution is -0.0962. The Bertz CT molecular complexity index is 1550.